The van der Waals surface area contributed by atoms with Crippen LogP contribution in [-0.4, -0.2) is 0 Å². The topological polar surface area (TPSA) is 16.4 Å². The lowest BCUT2D eigenvalue weighted by Gasteiger charge is -2.26. The lowest BCUT2D eigenvalue weighted by Crippen LogP contribution is -2.15. The van der Waals surface area contributed by atoms with E-state index in [0.29, 0.717) is 0 Å². The quantitative estimate of drug-likeness (QED) is 0.174. The van der Waals surface area contributed by atoms with Crippen molar-refractivity contribution in [2.24, 2.45) is 0 Å². The van der Waals surface area contributed by atoms with Gasteiger partial charge in [-0.25, -0.2) is 0 Å². The molecule has 2 heteroatoms. The van der Waals surface area contributed by atoms with Gasteiger partial charge in [0.1, 0.15) is 11.2 Å². The van der Waals surface area contributed by atoms with E-state index in [1.807, 2.05) is 0 Å². The Morgan fingerprint density at radius 2 is 0.962 bits per heavy atom. The summed E-state index contributed by atoms with van der Waals surface area (Å²) in [6.07, 6.45) is 0. The molecule has 0 atom stereocenters. The predicted molar refractivity (Wildman–Crippen MR) is 222 cm³/mol. The first-order valence-corrected chi connectivity index (χ1v) is 18.3. The maximum absolute atomic E-state index is 6.82. The third kappa shape index (κ3) is 5.10. The molecule has 10 rings (SSSR count). The van der Waals surface area contributed by atoms with E-state index in [1.165, 1.54) is 49.9 Å². The Bertz CT molecular complexity index is 2690. The van der Waals surface area contributed by atoms with Crippen LogP contribution in [0.4, 0.5) is 17.1 Å². The van der Waals surface area contributed by atoms with Crippen LogP contribution in [-0.2, 0) is 5.41 Å². The number of hydrogen-bond donors (Lipinski definition) is 0. The van der Waals surface area contributed by atoms with Gasteiger partial charge in [-0.2, -0.15) is 0 Å². The Morgan fingerprint density at radius 1 is 0.415 bits per heavy atom. The molecule has 0 saturated heterocycles. The van der Waals surface area contributed by atoms with Crippen LogP contribution in [0, 0.1) is 0 Å². The van der Waals surface area contributed by atoms with Gasteiger partial charge in [0, 0.05) is 38.8 Å². The molecule has 0 spiro atoms. The molecule has 0 unspecified atom stereocenters. The lowest BCUT2D eigenvalue weighted by atomic mass is 9.80. The second kappa shape index (κ2) is 12.3. The SMILES string of the molecule is CC1(C)c2ccccc2-c2cc(-c3cccc(N(c4ccc(-c5ccccc5)cc4)c4ccc(-c5ccccc5)cc4)c3)c3oc4ccccc4c3c21. The minimum Gasteiger partial charge on any atom is -0.455 e. The zero-order valence-corrected chi connectivity index (χ0v) is 29.8. The molecule has 1 aromatic heterocycles. The molecular formula is C51H37NO. The third-order valence-corrected chi connectivity index (χ3v) is 11.0. The van der Waals surface area contributed by atoms with E-state index in [2.05, 4.69) is 207 Å². The van der Waals surface area contributed by atoms with Crippen LogP contribution in [0.3, 0.4) is 0 Å². The number of anilines is 3. The molecule has 0 radical (unpaired) electrons. The van der Waals surface area contributed by atoms with Gasteiger partial charge >= 0.3 is 0 Å². The zero-order valence-electron chi connectivity index (χ0n) is 29.8. The Hall–Kier alpha value is -6.64. The Morgan fingerprint density at radius 3 is 1.62 bits per heavy atom. The zero-order chi connectivity index (χ0) is 35.5. The number of furan rings is 1. The Balaban J connectivity index is 1.16. The summed E-state index contributed by atoms with van der Waals surface area (Å²) in [5.41, 5.74) is 17.2. The average Bonchev–Trinajstić information content (AvgIpc) is 3.71. The monoisotopic (exact) mass is 679 g/mol. The van der Waals surface area contributed by atoms with Gasteiger partial charge in [-0.3, -0.25) is 0 Å². The van der Waals surface area contributed by atoms with Crippen molar-refractivity contribution in [1.82, 2.24) is 0 Å². The molecule has 1 heterocycles. The number of fused-ring (bicyclic) bond motifs is 7. The summed E-state index contributed by atoms with van der Waals surface area (Å²) >= 11 is 0. The second-order valence-corrected chi connectivity index (χ2v) is 14.5. The van der Waals surface area contributed by atoms with Gasteiger partial charge in [0.05, 0.1) is 0 Å². The van der Waals surface area contributed by atoms with Crippen LogP contribution in [0.2, 0.25) is 0 Å². The molecule has 2 nitrogen and oxygen atoms in total. The van der Waals surface area contributed by atoms with E-state index in [-0.39, 0.29) is 5.41 Å². The van der Waals surface area contributed by atoms with Crippen molar-refractivity contribution in [2.45, 2.75) is 19.3 Å². The van der Waals surface area contributed by atoms with Gasteiger partial charge in [-0.15, -0.1) is 0 Å². The highest BCUT2D eigenvalue weighted by Crippen LogP contribution is 2.55. The van der Waals surface area contributed by atoms with Gasteiger partial charge in [0.25, 0.3) is 0 Å². The molecule has 0 aliphatic heterocycles. The molecule has 1 aliphatic carbocycles. The number of rotatable bonds is 6. The largest absolute Gasteiger partial charge is 0.455 e. The lowest BCUT2D eigenvalue weighted by molar-refractivity contribution is 0.657. The van der Waals surface area contributed by atoms with E-state index in [1.54, 1.807) is 0 Å². The highest BCUT2D eigenvalue weighted by atomic mass is 16.3. The maximum atomic E-state index is 6.82. The minimum atomic E-state index is -0.161. The molecule has 0 N–H and O–H groups in total. The van der Waals surface area contributed by atoms with E-state index >= 15 is 0 Å². The molecule has 0 bridgehead atoms. The van der Waals surface area contributed by atoms with Crippen LogP contribution >= 0.6 is 0 Å². The predicted octanol–water partition coefficient (Wildman–Crippen LogP) is 14.4. The van der Waals surface area contributed by atoms with Gasteiger partial charge in [0.2, 0.25) is 0 Å². The molecule has 252 valence electrons. The van der Waals surface area contributed by atoms with Crippen molar-refractivity contribution in [3.63, 3.8) is 0 Å². The van der Waals surface area contributed by atoms with Gasteiger partial charge in [-0.05, 0) is 98.6 Å². The van der Waals surface area contributed by atoms with E-state index in [9.17, 15) is 0 Å². The first-order chi connectivity index (χ1) is 26.0. The molecule has 0 amide bonds. The normalized spacial score (nSPS) is 12.9. The second-order valence-electron chi connectivity index (χ2n) is 14.5. The van der Waals surface area contributed by atoms with Crippen LogP contribution in [0.1, 0.15) is 25.0 Å². The number of nitrogens with zero attached hydrogens (tertiary/aromatic N) is 1. The van der Waals surface area contributed by atoms with Crippen LogP contribution in [0.25, 0.3) is 66.4 Å². The molecule has 53 heavy (non-hydrogen) atoms. The molecular weight excluding hydrogens is 643 g/mol. The summed E-state index contributed by atoms with van der Waals surface area (Å²) in [7, 11) is 0. The summed E-state index contributed by atoms with van der Waals surface area (Å²) in [4.78, 5) is 2.36. The van der Waals surface area contributed by atoms with Gasteiger partial charge in [-0.1, -0.05) is 153 Å². The summed E-state index contributed by atoms with van der Waals surface area (Å²) in [5.74, 6) is 0. The van der Waals surface area contributed by atoms with Crippen molar-refractivity contribution in [3.05, 3.63) is 199 Å². The van der Waals surface area contributed by atoms with Crippen molar-refractivity contribution in [1.29, 1.82) is 0 Å². The van der Waals surface area contributed by atoms with Crippen molar-refractivity contribution >= 4 is 39.0 Å². The summed E-state index contributed by atoms with van der Waals surface area (Å²) in [6, 6.07) is 67.6. The average molecular weight is 680 g/mol. The summed E-state index contributed by atoms with van der Waals surface area (Å²) < 4.78 is 6.82. The molecule has 9 aromatic rings. The molecule has 1 aliphatic rings. The molecule has 8 aromatic carbocycles. The smallest absolute Gasteiger partial charge is 0.143 e. The Kier molecular flexibility index (Phi) is 7.19. The third-order valence-electron chi connectivity index (χ3n) is 11.0. The highest BCUT2D eigenvalue weighted by molar-refractivity contribution is 6.15. The summed E-state index contributed by atoms with van der Waals surface area (Å²) in [6.45, 7) is 4.70. The first-order valence-electron chi connectivity index (χ1n) is 18.3. The molecule has 0 saturated carbocycles. The minimum absolute atomic E-state index is 0.161. The van der Waals surface area contributed by atoms with Crippen LogP contribution in [0.5, 0.6) is 0 Å². The fraction of sp³-hybridized carbons (Fsp3) is 0.0588. The fourth-order valence-corrected chi connectivity index (χ4v) is 8.50. The Labute approximate surface area is 310 Å². The van der Waals surface area contributed by atoms with Crippen molar-refractivity contribution in [2.75, 3.05) is 4.90 Å². The fourth-order valence-electron chi connectivity index (χ4n) is 8.50. The van der Waals surface area contributed by atoms with Crippen LogP contribution in [0.15, 0.2) is 192 Å². The molecule has 0 fully saturated rings. The van der Waals surface area contributed by atoms with Crippen molar-refractivity contribution < 1.29 is 4.42 Å². The number of benzene rings is 8. The summed E-state index contributed by atoms with van der Waals surface area (Å²) in [5, 5.41) is 2.38. The van der Waals surface area contributed by atoms with E-state index in [4.69, 9.17) is 4.42 Å². The van der Waals surface area contributed by atoms with E-state index < -0.39 is 0 Å². The van der Waals surface area contributed by atoms with Crippen molar-refractivity contribution in [3.8, 4) is 44.5 Å². The number of hydrogen-bond acceptors (Lipinski definition) is 2. The number of para-hydroxylation sites is 1. The van der Waals surface area contributed by atoms with Gasteiger partial charge < -0.3 is 9.32 Å². The maximum Gasteiger partial charge on any atom is 0.143 e. The highest BCUT2D eigenvalue weighted by Gasteiger charge is 2.39. The van der Waals surface area contributed by atoms with E-state index in [0.717, 1.165) is 44.7 Å². The van der Waals surface area contributed by atoms with Crippen LogP contribution < -0.4 is 4.90 Å². The van der Waals surface area contributed by atoms with Gasteiger partial charge in [0.15, 0.2) is 0 Å². The standard InChI is InChI=1S/C51H37NO/c1-51(2)46-22-11-9-20-42(46)45-33-44(50-48(49(45)51)43-21-10-12-23-47(43)53-50)38-18-13-19-41(32-38)52(39-28-24-36(25-29-39)34-14-5-3-6-15-34)40-30-26-37(27-31-40)35-16-7-4-8-17-35/h3-33H,1-2H3. The first kappa shape index (κ1) is 31.1.